The molecule has 0 radical (unpaired) electrons. The second-order valence-electron chi connectivity index (χ2n) is 8.13. The molecule has 1 aromatic carbocycles. The molecular formula is C19H30O3. The first-order chi connectivity index (χ1) is 9.99. The van der Waals surface area contributed by atoms with Crippen molar-refractivity contribution in [3.63, 3.8) is 0 Å². The van der Waals surface area contributed by atoms with Crippen LogP contribution in [0.25, 0.3) is 0 Å². The van der Waals surface area contributed by atoms with Crippen LogP contribution in [0, 0.1) is 5.41 Å². The molecule has 0 amide bonds. The number of hydrogen-bond donors (Lipinski definition) is 1. The summed E-state index contributed by atoms with van der Waals surface area (Å²) in [6.45, 7) is 12.7. The molecule has 0 aliphatic carbocycles. The third-order valence-electron chi connectivity index (χ3n) is 3.62. The lowest BCUT2D eigenvalue weighted by atomic mass is 9.86. The maximum absolute atomic E-state index is 11.7. The molecule has 22 heavy (non-hydrogen) atoms. The molecule has 0 fully saturated rings. The van der Waals surface area contributed by atoms with Gasteiger partial charge in [0.2, 0.25) is 0 Å². The van der Waals surface area contributed by atoms with Crippen LogP contribution in [0.5, 0.6) is 0 Å². The lowest BCUT2D eigenvalue weighted by Crippen LogP contribution is -2.16. The van der Waals surface area contributed by atoms with Crippen molar-refractivity contribution in [2.24, 2.45) is 5.41 Å². The van der Waals surface area contributed by atoms with Crippen molar-refractivity contribution in [1.82, 2.24) is 0 Å². The maximum atomic E-state index is 11.7. The van der Waals surface area contributed by atoms with Gasteiger partial charge in [-0.25, -0.2) is 0 Å². The molecule has 0 bridgehead atoms. The van der Waals surface area contributed by atoms with Gasteiger partial charge in [-0.15, -0.1) is 0 Å². The number of carbonyl (C=O) groups excluding carboxylic acids is 1. The fourth-order valence-electron chi connectivity index (χ4n) is 2.03. The van der Waals surface area contributed by atoms with Crippen molar-refractivity contribution in [3.05, 3.63) is 35.4 Å². The summed E-state index contributed by atoms with van der Waals surface area (Å²) in [6.07, 6.45) is 0.389. The van der Waals surface area contributed by atoms with Crippen molar-refractivity contribution in [3.8, 4) is 0 Å². The van der Waals surface area contributed by atoms with Crippen LogP contribution in [0.4, 0.5) is 0 Å². The van der Waals surface area contributed by atoms with Gasteiger partial charge in [-0.2, -0.15) is 0 Å². The van der Waals surface area contributed by atoms with Crippen LogP contribution in [0.1, 0.15) is 71.6 Å². The monoisotopic (exact) mass is 306 g/mol. The zero-order valence-electron chi connectivity index (χ0n) is 14.8. The first-order valence-corrected chi connectivity index (χ1v) is 7.93. The van der Waals surface area contributed by atoms with Gasteiger partial charge in [0.05, 0.1) is 0 Å². The van der Waals surface area contributed by atoms with Crippen molar-refractivity contribution in [2.45, 2.75) is 65.9 Å². The van der Waals surface area contributed by atoms with Gasteiger partial charge in [0.25, 0.3) is 0 Å². The van der Waals surface area contributed by atoms with Gasteiger partial charge in [0, 0.05) is 6.42 Å². The lowest BCUT2D eigenvalue weighted by Gasteiger charge is -2.21. The minimum Gasteiger partial charge on any atom is -0.463 e. The van der Waals surface area contributed by atoms with E-state index in [9.17, 15) is 9.90 Å². The Hall–Kier alpha value is -1.35. The molecule has 0 aliphatic rings. The van der Waals surface area contributed by atoms with E-state index in [0.29, 0.717) is 6.42 Å². The Kier molecular flexibility index (Phi) is 6.18. The number of benzene rings is 1. The molecule has 1 rings (SSSR count). The summed E-state index contributed by atoms with van der Waals surface area (Å²) in [6, 6.07) is 7.82. The largest absolute Gasteiger partial charge is 0.463 e. The smallest absolute Gasteiger partial charge is 0.305 e. The SMILES string of the molecule is CC(C)(C)CCC(=O)OCC(O)c1cccc(C(C)(C)C)c1. The summed E-state index contributed by atoms with van der Waals surface area (Å²) >= 11 is 0. The van der Waals surface area contributed by atoms with Gasteiger partial charge in [-0.05, 0) is 28.4 Å². The third-order valence-corrected chi connectivity index (χ3v) is 3.62. The van der Waals surface area contributed by atoms with Crippen molar-refractivity contribution < 1.29 is 14.6 Å². The standard InChI is InChI=1S/C19H30O3/c1-18(2,3)11-10-17(21)22-13-16(20)14-8-7-9-15(12-14)19(4,5)6/h7-9,12,16,20H,10-11,13H2,1-6H3. The van der Waals surface area contributed by atoms with E-state index in [-0.39, 0.29) is 23.4 Å². The van der Waals surface area contributed by atoms with E-state index in [0.717, 1.165) is 17.5 Å². The molecule has 0 aromatic heterocycles. The second kappa shape index (κ2) is 7.28. The Balaban J connectivity index is 2.56. The number of ether oxygens (including phenoxy) is 1. The van der Waals surface area contributed by atoms with Gasteiger partial charge in [-0.1, -0.05) is 65.8 Å². The molecule has 3 heteroatoms. The molecule has 0 saturated carbocycles. The number of carbonyl (C=O) groups is 1. The summed E-state index contributed by atoms with van der Waals surface area (Å²) in [5, 5.41) is 10.2. The Morgan fingerprint density at radius 1 is 1.18 bits per heavy atom. The molecule has 3 nitrogen and oxygen atoms in total. The minimum atomic E-state index is -0.777. The number of hydrogen-bond acceptors (Lipinski definition) is 3. The number of rotatable bonds is 5. The Morgan fingerprint density at radius 2 is 1.82 bits per heavy atom. The van der Waals surface area contributed by atoms with Gasteiger partial charge in [0.1, 0.15) is 12.7 Å². The molecule has 1 N–H and O–H groups in total. The lowest BCUT2D eigenvalue weighted by molar-refractivity contribution is -0.147. The van der Waals surface area contributed by atoms with Crippen LogP contribution in [0.2, 0.25) is 0 Å². The van der Waals surface area contributed by atoms with Gasteiger partial charge in [0.15, 0.2) is 0 Å². The fraction of sp³-hybridized carbons (Fsp3) is 0.632. The van der Waals surface area contributed by atoms with Crippen LogP contribution in [0.3, 0.4) is 0 Å². The zero-order chi connectivity index (χ0) is 17.0. The van der Waals surface area contributed by atoms with Crippen molar-refractivity contribution in [1.29, 1.82) is 0 Å². The molecule has 0 spiro atoms. The molecule has 1 unspecified atom stereocenters. The predicted molar refractivity (Wildman–Crippen MR) is 89.7 cm³/mol. The summed E-state index contributed by atoms with van der Waals surface area (Å²) in [5.41, 5.74) is 2.08. The first-order valence-electron chi connectivity index (χ1n) is 7.93. The number of esters is 1. The van der Waals surface area contributed by atoms with E-state index < -0.39 is 6.10 Å². The number of aliphatic hydroxyl groups excluding tert-OH is 1. The molecule has 0 saturated heterocycles. The number of aliphatic hydroxyl groups is 1. The minimum absolute atomic E-state index is 0.0105. The van der Waals surface area contributed by atoms with E-state index in [1.807, 2.05) is 24.3 Å². The van der Waals surface area contributed by atoms with E-state index in [1.165, 1.54) is 0 Å². The van der Waals surface area contributed by atoms with Gasteiger partial charge in [-0.3, -0.25) is 4.79 Å². The van der Waals surface area contributed by atoms with Gasteiger partial charge < -0.3 is 9.84 Å². The normalized spacial score (nSPS) is 13.8. The summed E-state index contributed by atoms with van der Waals surface area (Å²) < 4.78 is 5.19. The predicted octanol–water partition coefficient (Wildman–Crippen LogP) is 4.39. The average molecular weight is 306 g/mol. The average Bonchev–Trinajstić information content (AvgIpc) is 2.41. The van der Waals surface area contributed by atoms with Crippen molar-refractivity contribution in [2.75, 3.05) is 6.61 Å². The van der Waals surface area contributed by atoms with E-state index >= 15 is 0 Å². The highest BCUT2D eigenvalue weighted by Crippen LogP contribution is 2.25. The van der Waals surface area contributed by atoms with E-state index in [1.54, 1.807) is 0 Å². The first kappa shape index (κ1) is 18.7. The Labute approximate surface area is 134 Å². The summed E-state index contributed by atoms with van der Waals surface area (Å²) in [7, 11) is 0. The second-order valence-corrected chi connectivity index (χ2v) is 8.13. The summed E-state index contributed by atoms with van der Waals surface area (Å²) in [4.78, 5) is 11.7. The van der Waals surface area contributed by atoms with Crippen molar-refractivity contribution >= 4 is 5.97 Å². The van der Waals surface area contributed by atoms with Crippen LogP contribution in [0.15, 0.2) is 24.3 Å². The van der Waals surface area contributed by atoms with Crippen LogP contribution in [-0.4, -0.2) is 17.7 Å². The molecule has 1 aromatic rings. The zero-order valence-corrected chi connectivity index (χ0v) is 14.8. The third kappa shape index (κ3) is 6.61. The topological polar surface area (TPSA) is 46.5 Å². The molecular weight excluding hydrogens is 276 g/mol. The Bertz CT molecular complexity index is 492. The van der Waals surface area contributed by atoms with Crippen LogP contribution < -0.4 is 0 Å². The highest BCUT2D eigenvalue weighted by Gasteiger charge is 2.18. The van der Waals surface area contributed by atoms with Crippen LogP contribution >= 0.6 is 0 Å². The van der Waals surface area contributed by atoms with E-state index in [2.05, 4.69) is 41.5 Å². The van der Waals surface area contributed by atoms with E-state index in [4.69, 9.17) is 4.74 Å². The molecule has 0 heterocycles. The quantitative estimate of drug-likeness (QED) is 0.821. The molecule has 124 valence electrons. The maximum Gasteiger partial charge on any atom is 0.305 e. The molecule has 0 aliphatic heterocycles. The summed E-state index contributed by atoms with van der Waals surface area (Å²) in [5.74, 6) is -0.249. The molecule has 1 atom stereocenters. The fourth-order valence-corrected chi connectivity index (χ4v) is 2.03. The highest BCUT2D eigenvalue weighted by atomic mass is 16.5. The van der Waals surface area contributed by atoms with Gasteiger partial charge >= 0.3 is 5.97 Å². The Morgan fingerprint density at radius 3 is 2.36 bits per heavy atom. The van der Waals surface area contributed by atoms with Crippen LogP contribution in [-0.2, 0) is 14.9 Å². The highest BCUT2D eigenvalue weighted by molar-refractivity contribution is 5.69.